The Morgan fingerprint density at radius 2 is 2.12 bits per heavy atom. The Kier molecular flexibility index (Phi) is 3.71. The van der Waals surface area contributed by atoms with Crippen molar-refractivity contribution < 1.29 is 15.0 Å². The van der Waals surface area contributed by atoms with Crippen molar-refractivity contribution in [2.45, 2.75) is 58.5 Å². The molecule has 0 aromatic heterocycles. The van der Waals surface area contributed by atoms with Gasteiger partial charge in [-0.15, -0.1) is 12.3 Å². The van der Waals surface area contributed by atoms with Gasteiger partial charge in [0.1, 0.15) is 0 Å². The van der Waals surface area contributed by atoms with E-state index < -0.39 is 0 Å². The van der Waals surface area contributed by atoms with Gasteiger partial charge in [-0.05, 0) is 54.8 Å². The van der Waals surface area contributed by atoms with Crippen molar-refractivity contribution in [3.63, 3.8) is 0 Å². The van der Waals surface area contributed by atoms with Crippen LogP contribution in [0.2, 0.25) is 0 Å². The van der Waals surface area contributed by atoms with Gasteiger partial charge in [-0.1, -0.05) is 26.0 Å². The topological polar surface area (TPSA) is 57.5 Å². The summed E-state index contributed by atoms with van der Waals surface area (Å²) in [7, 11) is 0. The predicted molar refractivity (Wildman–Crippen MR) is 96.5 cm³/mol. The number of rotatable bonds is 1. The van der Waals surface area contributed by atoms with Crippen molar-refractivity contribution >= 4 is 5.78 Å². The normalized spacial score (nSPS) is 48.6. The molecule has 0 aromatic rings. The summed E-state index contributed by atoms with van der Waals surface area (Å²) in [4.78, 5) is 12.0. The van der Waals surface area contributed by atoms with E-state index in [1.807, 2.05) is 6.08 Å². The lowest BCUT2D eigenvalue weighted by atomic mass is 9.48. The maximum Gasteiger partial charge on any atom is 0.197 e. The fourth-order valence-electron chi connectivity index (χ4n) is 6.76. The lowest BCUT2D eigenvalue weighted by molar-refractivity contribution is -0.121. The van der Waals surface area contributed by atoms with Crippen LogP contribution < -0.4 is 0 Å². The largest absolute Gasteiger partial charge is 0.504 e. The molecule has 134 valence electrons. The number of allylic oxidation sites excluding steroid dienone is 4. The average molecular weight is 340 g/mol. The Hall–Kier alpha value is -1.53. The second-order valence-electron chi connectivity index (χ2n) is 9.07. The SMILES string of the molecule is C#CCC12CCC(=O)C(O)=C1C=C[C@@H]1[C@@H]2CC[C@]2(C)C(O)[C@@H](C)C[C@@H]12. The van der Waals surface area contributed by atoms with Gasteiger partial charge in [0.15, 0.2) is 11.5 Å². The highest BCUT2D eigenvalue weighted by atomic mass is 16.3. The van der Waals surface area contributed by atoms with Crippen molar-refractivity contribution in [3.8, 4) is 12.3 Å². The zero-order chi connectivity index (χ0) is 18.0. The zero-order valence-corrected chi connectivity index (χ0v) is 15.2. The van der Waals surface area contributed by atoms with Gasteiger partial charge in [0.05, 0.1) is 6.10 Å². The maximum atomic E-state index is 12.0. The van der Waals surface area contributed by atoms with Crippen LogP contribution in [0.25, 0.3) is 0 Å². The van der Waals surface area contributed by atoms with E-state index in [1.165, 1.54) is 0 Å². The minimum Gasteiger partial charge on any atom is -0.504 e. The van der Waals surface area contributed by atoms with E-state index >= 15 is 0 Å². The van der Waals surface area contributed by atoms with E-state index in [-0.39, 0.29) is 28.5 Å². The quantitative estimate of drug-likeness (QED) is 0.714. The monoisotopic (exact) mass is 340 g/mol. The maximum absolute atomic E-state index is 12.0. The highest BCUT2D eigenvalue weighted by Gasteiger charge is 2.61. The molecule has 25 heavy (non-hydrogen) atoms. The van der Waals surface area contributed by atoms with Crippen LogP contribution in [0, 0.1) is 46.8 Å². The van der Waals surface area contributed by atoms with E-state index in [4.69, 9.17) is 6.42 Å². The molecule has 2 fully saturated rings. The van der Waals surface area contributed by atoms with E-state index in [0.29, 0.717) is 36.5 Å². The first-order valence-electron chi connectivity index (χ1n) is 9.62. The molecule has 3 heteroatoms. The molecule has 0 saturated heterocycles. The number of carbonyl (C=O) groups excluding carboxylic acids is 1. The Morgan fingerprint density at radius 1 is 1.36 bits per heavy atom. The standard InChI is InChI=1S/C22H28O3/c1-4-9-22-11-8-18(23)19(24)16(22)6-5-14-15(22)7-10-21(3)17(14)12-13(2)20(21)25/h1,5-6,13-15,17,20,24-25H,7-12H2,2-3H3/t13-,14+,15-,17-,20?,21-,22?/m0/s1. The summed E-state index contributed by atoms with van der Waals surface area (Å²) >= 11 is 0. The first kappa shape index (κ1) is 16.9. The van der Waals surface area contributed by atoms with Crippen LogP contribution >= 0.6 is 0 Å². The summed E-state index contributed by atoms with van der Waals surface area (Å²) in [5.74, 6) is 4.12. The highest BCUT2D eigenvalue weighted by molar-refractivity contribution is 5.95. The van der Waals surface area contributed by atoms with Gasteiger partial charge in [0.25, 0.3) is 0 Å². The molecule has 0 radical (unpaired) electrons. The third-order valence-corrected chi connectivity index (χ3v) is 8.08. The molecule has 0 amide bonds. The van der Waals surface area contributed by atoms with Gasteiger partial charge in [0.2, 0.25) is 0 Å². The number of aliphatic hydroxyl groups is 2. The van der Waals surface area contributed by atoms with Crippen molar-refractivity contribution in [2.75, 3.05) is 0 Å². The minimum atomic E-state index is -0.274. The summed E-state index contributed by atoms with van der Waals surface area (Å²) in [5.41, 5.74) is 0.471. The Balaban J connectivity index is 1.82. The molecule has 2 N–H and O–H groups in total. The fourth-order valence-corrected chi connectivity index (χ4v) is 6.76. The molecule has 4 rings (SSSR count). The van der Waals surface area contributed by atoms with Gasteiger partial charge in [-0.2, -0.15) is 0 Å². The van der Waals surface area contributed by atoms with Gasteiger partial charge in [-0.25, -0.2) is 0 Å². The van der Waals surface area contributed by atoms with Crippen LogP contribution in [0.4, 0.5) is 0 Å². The van der Waals surface area contributed by atoms with Crippen molar-refractivity contribution in [3.05, 3.63) is 23.5 Å². The molecule has 4 aliphatic carbocycles. The van der Waals surface area contributed by atoms with Crippen molar-refractivity contribution in [2.24, 2.45) is 34.5 Å². The van der Waals surface area contributed by atoms with Crippen molar-refractivity contribution in [1.29, 1.82) is 0 Å². The Labute approximate surface area is 150 Å². The molecule has 2 saturated carbocycles. The summed E-state index contributed by atoms with van der Waals surface area (Å²) in [5, 5.41) is 21.2. The van der Waals surface area contributed by atoms with E-state index in [2.05, 4.69) is 25.8 Å². The first-order valence-corrected chi connectivity index (χ1v) is 9.62. The number of fused-ring (bicyclic) bond motifs is 5. The number of carbonyl (C=O) groups is 1. The summed E-state index contributed by atoms with van der Waals surface area (Å²) in [6, 6.07) is 0. The molecule has 0 heterocycles. The van der Waals surface area contributed by atoms with Gasteiger partial charge in [0, 0.05) is 23.8 Å². The van der Waals surface area contributed by atoms with E-state index in [9.17, 15) is 15.0 Å². The number of terminal acetylenes is 1. The second kappa shape index (κ2) is 5.48. The first-order chi connectivity index (χ1) is 11.8. The van der Waals surface area contributed by atoms with Crippen LogP contribution in [-0.2, 0) is 4.79 Å². The molecule has 0 bridgehead atoms. The number of aliphatic hydroxyl groups excluding tert-OH is 2. The number of hydrogen-bond donors (Lipinski definition) is 2. The Bertz CT molecular complexity index is 711. The number of ketones is 1. The molecule has 0 aromatic carbocycles. The van der Waals surface area contributed by atoms with Crippen LogP contribution in [0.5, 0.6) is 0 Å². The number of hydrogen-bond acceptors (Lipinski definition) is 3. The molecule has 0 aliphatic heterocycles. The molecular formula is C22H28O3. The van der Waals surface area contributed by atoms with Gasteiger partial charge < -0.3 is 10.2 Å². The Morgan fingerprint density at radius 3 is 2.84 bits per heavy atom. The fraction of sp³-hybridized carbons (Fsp3) is 0.682. The molecule has 2 unspecified atom stereocenters. The number of Topliss-reactive ketones (excluding diaryl/α,β-unsaturated/α-hetero) is 1. The zero-order valence-electron chi connectivity index (χ0n) is 15.2. The smallest absolute Gasteiger partial charge is 0.197 e. The van der Waals surface area contributed by atoms with Crippen molar-refractivity contribution in [1.82, 2.24) is 0 Å². The third-order valence-electron chi connectivity index (χ3n) is 8.08. The molecule has 0 spiro atoms. The molecule has 7 atom stereocenters. The summed E-state index contributed by atoms with van der Waals surface area (Å²) in [6.07, 6.45) is 14.4. The van der Waals surface area contributed by atoms with Gasteiger partial charge in [-0.3, -0.25) is 4.79 Å². The lowest BCUT2D eigenvalue weighted by Gasteiger charge is -2.56. The lowest BCUT2D eigenvalue weighted by Crippen LogP contribution is -2.51. The molecule has 4 aliphatic rings. The van der Waals surface area contributed by atoms with E-state index in [1.54, 1.807) is 0 Å². The predicted octanol–water partition coefficient (Wildman–Crippen LogP) is 3.79. The molecule has 3 nitrogen and oxygen atoms in total. The minimum absolute atomic E-state index is 0.0317. The highest BCUT2D eigenvalue weighted by Crippen LogP contribution is 2.65. The van der Waals surface area contributed by atoms with E-state index in [0.717, 1.165) is 31.3 Å². The molecular weight excluding hydrogens is 312 g/mol. The van der Waals surface area contributed by atoms with Crippen LogP contribution in [0.3, 0.4) is 0 Å². The average Bonchev–Trinajstić information content (AvgIpc) is 2.82. The second-order valence-corrected chi connectivity index (χ2v) is 9.07. The summed E-state index contributed by atoms with van der Waals surface area (Å²) in [6.45, 7) is 4.40. The third kappa shape index (κ3) is 2.07. The van der Waals surface area contributed by atoms with Crippen LogP contribution in [0.1, 0.15) is 52.4 Å². The van der Waals surface area contributed by atoms with Crippen LogP contribution in [-0.4, -0.2) is 22.1 Å². The summed E-state index contributed by atoms with van der Waals surface area (Å²) < 4.78 is 0. The van der Waals surface area contributed by atoms with Gasteiger partial charge >= 0.3 is 0 Å². The van der Waals surface area contributed by atoms with Crippen LogP contribution in [0.15, 0.2) is 23.5 Å².